The summed E-state index contributed by atoms with van der Waals surface area (Å²) < 4.78 is 28.9. The van der Waals surface area contributed by atoms with Crippen LogP contribution in [0.3, 0.4) is 0 Å². The highest BCUT2D eigenvalue weighted by molar-refractivity contribution is 7.89. The summed E-state index contributed by atoms with van der Waals surface area (Å²) in [7, 11) is -3.75. The molecule has 3 aromatic carbocycles. The minimum absolute atomic E-state index is 0.00514. The molecular formula is C30H37N5O4S. The lowest BCUT2D eigenvalue weighted by Gasteiger charge is -2.37. The van der Waals surface area contributed by atoms with Gasteiger partial charge in [0.05, 0.1) is 4.90 Å². The summed E-state index contributed by atoms with van der Waals surface area (Å²) in [5.41, 5.74) is 7.49. The molecule has 1 fully saturated rings. The molecule has 0 aliphatic heterocycles. The highest BCUT2D eigenvalue weighted by Gasteiger charge is 2.39. The van der Waals surface area contributed by atoms with Gasteiger partial charge in [0, 0.05) is 28.0 Å². The lowest BCUT2D eigenvalue weighted by molar-refractivity contribution is -0.121. The molecule has 4 rings (SSSR count). The molecule has 9 nitrogen and oxygen atoms in total. The molecule has 0 saturated heterocycles. The van der Waals surface area contributed by atoms with E-state index in [1.165, 1.54) is 0 Å². The minimum atomic E-state index is -3.75. The van der Waals surface area contributed by atoms with E-state index >= 15 is 0 Å². The standard InChI is InChI=1S/C30H37N5O4S/c1-29(2,3)35-40(38,39)26-13-6-5-12-25(26)21-14-16-23(17-15-21)32-28(36)30(18-7-4-8-19-30)33-24-11-9-10-22(20-24)27(31)34-37/h5-6,9-17,20,33,35,37H,4,7-8,18-19H2,1-3H3,(H2,31,34)(H,32,36). The van der Waals surface area contributed by atoms with Crippen molar-refractivity contribution in [3.8, 4) is 11.1 Å². The van der Waals surface area contributed by atoms with Crippen molar-refractivity contribution in [2.45, 2.75) is 68.8 Å². The number of amidine groups is 1. The van der Waals surface area contributed by atoms with Gasteiger partial charge in [-0.1, -0.05) is 66.9 Å². The molecule has 0 radical (unpaired) electrons. The quantitative estimate of drug-likeness (QED) is 0.109. The predicted molar refractivity (Wildman–Crippen MR) is 159 cm³/mol. The third-order valence-corrected chi connectivity index (χ3v) is 8.68. The van der Waals surface area contributed by atoms with Crippen LogP contribution in [-0.2, 0) is 14.8 Å². The number of nitrogens with two attached hydrogens (primary N) is 1. The van der Waals surface area contributed by atoms with Crippen LogP contribution in [-0.4, -0.2) is 36.4 Å². The average molecular weight is 564 g/mol. The Kier molecular flexibility index (Phi) is 8.51. The second-order valence-corrected chi connectivity index (χ2v) is 12.9. The van der Waals surface area contributed by atoms with E-state index < -0.39 is 21.1 Å². The summed E-state index contributed by atoms with van der Waals surface area (Å²) in [5, 5.41) is 18.6. The summed E-state index contributed by atoms with van der Waals surface area (Å²) in [6.45, 7) is 5.40. The van der Waals surface area contributed by atoms with Gasteiger partial charge >= 0.3 is 0 Å². The molecule has 212 valence electrons. The molecule has 10 heteroatoms. The van der Waals surface area contributed by atoms with Gasteiger partial charge < -0.3 is 21.6 Å². The highest BCUT2D eigenvalue weighted by Crippen LogP contribution is 2.34. The van der Waals surface area contributed by atoms with E-state index in [1.807, 2.05) is 18.2 Å². The number of rotatable bonds is 8. The zero-order chi connectivity index (χ0) is 29.0. The van der Waals surface area contributed by atoms with Gasteiger partial charge in [0.25, 0.3) is 0 Å². The van der Waals surface area contributed by atoms with Gasteiger partial charge in [-0.05, 0) is 69.5 Å². The molecule has 6 N–H and O–H groups in total. The van der Waals surface area contributed by atoms with Crippen LogP contribution < -0.4 is 21.1 Å². The van der Waals surface area contributed by atoms with E-state index in [2.05, 4.69) is 20.5 Å². The SMILES string of the molecule is CC(C)(C)NS(=O)(=O)c1ccccc1-c1ccc(NC(=O)C2(Nc3cccc(/C(N)=N/O)c3)CCCCC2)cc1. The lowest BCUT2D eigenvalue weighted by Crippen LogP contribution is -2.51. The zero-order valence-corrected chi connectivity index (χ0v) is 23.9. The Morgan fingerprint density at radius 1 is 0.925 bits per heavy atom. The van der Waals surface area contributed by atoms with E-state index in [-0.39, 0.29) is 16.6 Å². The van der Waals surface area contributed by atoms with Gasteiger partial charge in [0.15, 0.2) is 5.84 Å². The van der Waals surface area contributed by atoms with Crippen LogP contribution in [0, 0.1) is 0 Å². The van der Waals surface area contributed by atoms with Crippen molar-refractivity contribution in [2.24, 2.45) is 10.9 Å². The number of carbonyl (C=O) groups excluding carboxylic acids is 1. The smallest absolute Gasteiger partial charge is 0.250 e. The van der Waals surface area contributed by atoms with E-state index in [4.69, 9.17) is 10.9 Å². The fraction of sp³-hybridized carbons (Fsp3) is 0.333. The van der Waals surface area contributed by atoms with Crippen molar-refractivity contribution < 1.29 is 18.4 Å². The van der Waals surface area contributed by atoms with E-state index in [1.54, 1.807) is 75.4 Å². The van der Waals surface area contributed by atoms with Crippen LogP contribution in [0.25, 0.3) is 11.1 Å². The number of amides is 1. The number of sulfonamides is 1. The monoisotopic (exact) mass is 563 g/mol. The van der Waals surface area contributed by atoms with Crippen molar-refractivity contribution in [2.75, 3.05) is 10.6 Å². The molecule has 3 aromatic rings. The second-order valence-electron chi connectivity index (χ2n) is 11.2. The molecule has 0 unspecified atom stereocenters. The average Bonchev–Trinajstić information content (AvgIpc) is 2.92. The molecule has 0 spiro atoms. The van der Waals surface area contributed by atoms with Crippen LogP contribution in [0.5, 0.6) is 0 Å². The summed E-state index contributed by atoms with van der Waals surface area (Å²) in [6, 6.07) is 21.2. The summed E-state index contributed by atoms with van der Waals surface area (Å²) >= 11 is 0. The maximum atomic E-state index is 13.7. The van der Waals surface area contributed by atoms with E-state index in [0.717, 1.165) is 24.8 Å². The molecule has 1 saturated carbocycles. The third kappa shape index (κ3) is 6.81. The van der Waals surface area contributed by atoms with Crippen molar-refractivity contribution in [3.05, 3.63) is 78.4 Å². The molecule has 0 bridgehead atoms. The first-order valence-electron chi connectivity index (χ1n) is 13.3. The Labute approximate surface area is 235 Å². The van der Waals surface area contributed by atoms with Crippen LogP contribution in [0.1, 0.15) is 58.4 Å². The summed E-state index contributed by atoms with van der Waals surface area (Å²) in [6.07, 6.45) is 4.20. The first-order valence-corrected chi connectivity index (χ1v) is 14.8. The van der Waals surface area contributed by atoms with Gasteiger partial charge in [-0.2, -0.15) is 0 Å². The van der Waals surface area contributed by atoms with Gasteiger partial charge in [0.2, 0.25) is 15.9 Å². The molecule has 0 aromatic heterocycles. The first-order chi connectivity index (χ1) is 18.9. The first kappa shape index (κ1) is 29.1. The number of hydrogen-bond acceptors (Lipinski definition) is 6. The van der Waals surface area contributed by atoms with Crippen LogP contribution in [0.2, 0.25) is 0 Å². The Morgan fingerprint density at radius 2 is 1.60 bits per heavy atom. The number of oxime groups is 1. The summed E-state index contributed by atoms with van der Waals surface area (Å²) in [4.78, 5) is 13.9. The van der Waals surface area contributed by atoms with Crippen molar-refractivity contribution in [3.63, 3.8) is 0 Å². The topological polar surface area (TPSA) is 146 Å². The summed E-state index contributed by atoms with van der Waals surface area (Å²) in [5.74, 6) is -0.152. The Balaban J connectivity index is 1.57. The Hall–Kier alpha value is -3.89. The van der Waals surface area contributed by atoms with Crippen LogP contribution in [0.15, 0.2) is 82.8 Å². The number of carbonyl (C=O) groups is 1. The number of hydrogen-bond donors (Lipinski definition) is 5. The minimum Gasteiger partial charge on any atom is -0.409 e. The number of nitrogens with one attached hydrogen (secondary N) is 3. The molecule has 1 aliphatic rings. The number of nitrogens with zero attached hydrogens (tertiary/aromatic N) is 1. The lowest BCUT2D eigenvalue weighted by atomic mass is 9.80. The highest BCUT2D eigenvalue weighted by atomic mass is 32.2. The Bertz CT molecular complexity index is 1490. The normalized spacial score (nSPS) is 15.8. The third-order valence-electron chi connectivity index (χ3n) is 6.86. The molecular weight excluding hydrogens is 526 g/mol. The molecule has 1 amide bonds. The second kappa shape index (κ2) is 11.7. The number of benzene rings is 3. The molecule has 0 atom stereocenters. The largest absolute Gasteiger partial charge is 0.409 e. The van der Waals surface area contributed by atoms with Crippen LogP contribution in [0.4, 0.5) is 11.4 Å². The molecule has 0 heterocycles. The molecule has 1 aliphatic carbocycles. The van der Waals surface area contributed by atoms with Crippen molar-refractivity contribution in [1.82, 2.24) is 4.72 Å². The predicted octanol–water partition coefficient (Wildman–Crippen LogP) is 5.28. The van der Waals surface area contributed by atoms with Gasteiger partial charge in [0.1, 0.15) is 5.54 Å². The van der Waals surface area contributed by atoms with E-state index in [9.17, 15) is 13.2 Å². The van der Waals surface area contributed by atoms with Crippen LogP contribution >= 0.6 is 0 Å². The van der Waals surface area contributed by atoms with Crippen molar-refractivity contribution in [1.29, 1.82) is 0 Å². The fourth-order valence-electron chi connectivity index (χ4n) is 5.04. The maximum absolute atomic E-state index is 13.7. The number of anilines is 2. The Morgan fingerprint density at radius 3 is 2.25 bits per heavy atom. The van der Waals surface area contributed by atoms with E-state index in [0.29, 0.717) is 35.3 Å². The van der Waals surface area contributed by atoms with Gasteiger partial charge in [-0.15, -0.1) is 0 Å². The van der Waals surface area contributed by atoms with Gasteiger partial charge in [-0.25, -0.2) is 13.1 Å². The zero-order valence-electron chi connectivity index (χ0n) is 23.1. The molecule has 40 heavy (non-hydrogen) atoms. The fourth-order valence-corrected chi connectivity index (χ4v) is 6.69. The maximum Gasteiger partial charge on any atom is 0.250 e. The van der Waals surface area contributed by atoms with Gasteiger partial charge in [-0.3, -0.25) is 4.79 Å². The van der Waals surface area contributed by atoms with Crippen molar-refractivity contribution >= 4 is 33.1 Å².